The summed E-state index contributed by atoms with van der Waals surface area (Å²) < 4.78 is 0. The fraction of sp³-hybridized carbons (Fsp3) is 0.818. The number of carbonyl (C=O) groups is 2. The van der Waals surface area contributed by atoms with Gasteiger partial charge in [0.2, 0.25) is 11.8 Å². The second-order valence-corrected chi connectivity index (χ2v) is 5.58. The van der Waals surface area contributed by atoms with Crippen LogP contribution in [0.4, 0.5) is 0 Å². The number of hydrogen-bond donors (Lipinski definition) is 2. The first-order valence-electron chi connectivity index (χ1n) is 5.93. The molecule has 1 atom stereocenters. The highest BCUT2D eigenvalue weighted by atomic mass is 32.2. The first kappa shape index (κ1) is 11.8. The van der Waals surface area contributed by atoms with Gasteiger partial charge in [-0.3, -0.25) is 9.59 Å². The van der Waals surface area contributed by atoms with Crippen LogP contribution in [0, 0.1) is 0 Å². The predicted octanol–water partition coefficient (Wildman–Crippen LogP) is 0.667. The Balaban J connectivity index is 1.84. The molecule has 0 spiro atoms. The second kappa shape index (κ2) is 5.57. The van der Waals surface area contributed by atoms with Crippen molar-refractivity contribution in [2.24, 2.45) is 0 Å². The third-order valence-electron chi connectivity index (χ3n) is 3.11. The van der Waals surface area contributed by atoms with Gasteiger partial charge in [0.05, 0.1) is 0 Å². The molecule has 0 aromatic carbocycles. The van der Waals surface area contributed by atoms with Gasteiger partial charge in [-0.05, 0) is 12.8 Å². The van der Waals surface area contributed by atoms with Gasteiger partial charge in [0.25, 0.3) is 0 Å². The van der Waals surface area contributed by atoms with Crippen molar-refractivity contribution in [1.29, 1.82) is 0 Å². The summed E-state index contributed by atoms with van der Waals surface area (Å²) in [4.78, 5) is 23.2. The van der Waals surface area contributed by atoms with Gasteiger partial charge < -0.3 is 10.6 Å². The van der Waals surface area contributed by atoms with Crippen LogP contribution in [0.1, 0.15) is 32.1 Å². The van der Waals surface area contributed by atoms with E-state index < -0.39 is 0 Å². The zero-order valence-corrected chi connectivity index (χ0v) is 10.1. The average Bonchev–Trinajstić information content (AvgIpc) is 2.65. The smallest absolute Gasteiger partial charge is 0.243 e. The lowest BCUT2D eigenvalue weighted by Gasteiger charge is -2.18. The number of rotatable bonds is 2. The van der Waals surface area contributed by atoms with Crippen molar-refractivity contribution in [3.8, 4) is 0 Å². The van der Waals surface area contributed by atoms with E-state index in [1.807, 2.05) is 0 Å². The van der Waals surface area contributed by atoms with E-state index in [0.29, 0.717) is 18.2 Å². The number of amides is 2. The molecule has 0 radical (unpaired) electrons. The van der Waals surface area contributed by atoms with E-state index in [1.165, 1.54) is 12.8 Å². The zero-order valence-electron chi connectivity index (χ0n) is 9.33. The number of hydrogen-bond acceptors (Lipinski definition) is 3. The van der Waals surface area contributed by atoms with Crippen molar-refractivity contribution in [2.45, 2.75) is 44.2 Å². The molecular weight excluding hydrogens is 224 g/mol. The van der Waals surface area contributed by atoms with Crippen LogP contribution in [0.15, 0.2) is 0 Å². The lowest BCUT2D eigenvalue weighted by molar-refractivity contribution is -0.128. The molecule has 4 nitrogen and oxygen atoms in total. The Morgan fingerprint density at radius 2 is 2.12 bits per heavy atom. The average molecular weight is 242 g/mol. The molecule has 2 fully saturated rings. The molecule has 2 aliphatic rings. The lowest BCUT2D eigenvalue weighted by Crippen LogP contribution is -2.49. The topological polar surface area (TPSA) is 58.2 Å². The van der Waals surface area contributed by atoms with Crippen molar-refractivity contribution < 1.29 is 9.59 Å². The van der Waals surface area contributed by atoms with Gasteiger partial charge in [0.1, 0.15) is 6.04 Å². The first-order chi connectivity index (χ1) is 7.75. The van der Waals surface area contributed by atoms with E-state index in [0.717, 1.165) is 18.6 Å². The van der Waals surface area contributed by atoms with Crippen LogP contribution in [0.5, 0.6) is 0 Å². The Hall–Kier alpha value is -0.710. The quantitative estimate of drug-likeness (QED) is 0.748. The summed E-state index contributed by atoms with van der Waals surface area (Å²) in [5.74, 6) is 1.51. The van der Waals surface area contributed by atoms with Crippen LogP contribution < -0.4 is 10.6 Å². The SMILES string of the molecule is O=C1CCSC[C@H](C(=O)NC2CCCC2)N1. The van der Waals surface area contributed by atoms with Gasteiger partial charge in [-0.15, -0.1) is 0 Å². The van der Waals surface area contributed by atoms with E-state index >= 15 is 0 Å². The number of nitrogens with one attached hydrogen (secondary N) is 2. The van der Waals surface area contributed by atoms with Gasteiger partial charge in [0, 0.05) is 24.0 Å². The molecule has 1 saturated heterocycles. The minimum Gasteiger partial charge on any atom is -0.352 e. The maximum atomic E-state index is 11.9. The molecule has 16 heavy (non-hydrogen) atoms. The van der Waals surface area contributed by atoms with Crippen LogP contribution in [0.25, 0.3) is 0 Å². The van der Waals surface area contributed by atoms with E-state index in [4.69, 9.17) is 0 Å². The minimum absolute atomic E-state index is 0.00317. The highest BCUT2D eigenvalue weighted by Crippen LogP contribution is 2.18. The number of thioether (sulfide) groups is 1. The van der Waals surface area contributed by atoms with Gasteiger partial charge in [0.15, 0.2) is 0 Å². The van der Waals surface area contributed by atoms with Crippen LogP contribution >= 0.6 is 11.8 Å². The van der Waals surface area contributed by atoms with Crippen molar-refractivity contribution in [1.82, 2.24) is 10.6 Å². The Labute approximate surface area is 99.9 Å². The second-order valence-electron chi connectivity index (χ2n) is 4.43. The van der Waals surface area contributed by atoms with Crippen molar-refractivity contribution in [2.75, 3.05) is 11.5 Å². The Bertz CT molecular complexity index is 277. The van der Waals surface area contributed by atoms with Gasteiger partial charge in [-0.25, -0.2) is 0 Å². The molecule has 0 bridgehead atoms. The summed E-state index contributed by atoms with van der Waals surface area (Å²) in [6, 6.07) is -0.00162. The molecule has 0 unspecified atom stereocenters. The summed E-state index contributed by atoms with van der Waals surface area (Å²) in [6.07, 6.45) is 5.10. The first-order valence-corrected chi connectivity index (χ1v) is 7.08. The van der Waals surface area contributed by atoms with Crippen LogP contribution in [0.2, 0.25) is 0 Å². The zero-order chi connectivity index (χ0) is 11.4. The normalized spacial score (nSPS) is 27.2. The van der Waals surface area contributed by atoms with Crippen molar-refractivity contribution in [3.63, 3.8) is 0 Å². The molecule has 2 rings (SSSR count). The Morgan fingerprint density at radius 3 is 2.88 bits per heavy atom. The summed E-state index contributed by atoms with van der Waals surface area (Å²) in [5, 5.41) is 5.81. The lowest BCUT2D eigenvalue weighted by atomic mass is 10.2. The molecule has 90 valence electrons. The summed E-state index contributed by atoms with van der Waals surface area (Å²) in [6.45, 7) is 0. The summed E-state index contributed by atoms with van der Waals surface area (Å²) in [5.41, 5.74) is 0. The van der Waals surface area contributed by atoms with Gasteiger partial charge in [-0.1, -0.05) is 12.8 Å². The molecule has 1 aliphatic heterocycles. The number of carbonyl (C=O) groups excluding carboxylic acids is 2. The van der Waals surface area contributed by atoms with E-state index in [9.17, 15) is 9.59 Å². The van der Waals surface area contributed by atoms with Gasteiger partial charge >= 0.3 is 0 Å². The molecular formula is C11H18N2O2S. The summed E-state index contributed by atoms with van der Waals surface area (Å²) in [7, 11) is 0. The standard InChI is InChI=1S/C11H18N2O2S/c14-10-5-6-16-7-9(13-10)11(15)12-8-3-1-2-4-8/h8-9H,1-7H2,(H,12,15)(H,13,14)/t9-/m1/s1. The largest absolute Gasteiger partial charge is 0.352 e. The molecule has 5 heteroatoms. The Kier molecular flexibility index (Phi) is 4.09. The molecule has 0 aromatic heterocycles. The van der Waals surface area contributed by atoms with Crippen LogP contribution in [-0.2, 0) is 9.59 Å². The van der Waals surface area contributed by atoms with Crippen LogP contribution in [-0.4, -0.2) is 35.4 Å². The van der Waals surface area contributed by atoms with Crippen molar-refractivity contribution >= 4 is 23.6 Å². The maximum absolute atomic E-state index is 11.9. The fourth-order valence-electron chi connectivity index (χ4n) is 2.19. The van der Waals surface area contributed by atoms with E-state index in [-0.39, 0.29) is 17.9 Å². The van der Waals surface area contributed by atoms with E-state index in [1.54, 1.807) is 11.8 Å². The maximum Gasteiger partial charge on any atom is 0.243 e. The van der Waals surface area contributed by atoms with Crippen LogP contribution in [0.3, 0.4) is 0 Å². The van der Waals surface area contributed by atoms with E-state index in [2.05, 4.69) is 10.6 Å². The molecule has 0 aromatic rings. The molecule has 2 amide bonds. The molecule has 1 heterocycles. The molecule has 1 saturated carbocycles. The molecule has 1 aliphatic carbocycles. The predicted molar refractivity (Wildman–Crippen MR) is 64.3 cm³/mol. The Morgan fingerprint density at radius 1 is 1.38 bits per heavy atom. The van der Waals surface area contributed by atoms with Crippen molar-refractivity contribution in [3.05, 3.63) is 0 Å². The third-order valence-corrected chi connectivity index (χ3v) is 4.17. The highest BCUT2D eigenvalue weighted by Gasteiger charge is 2.26. The fourth-order valence-corrected chi connectivity index (χ4v) is 3.15. The highest BCUT2D eigenvalue weighted by molar-refractivity contribution is 7.99. The van der Waals surface area contributed by atoms with Gasteiger partial charge in [-0.2, -0.15) is 11.8 Å². The third kappa shape index (κ3) is 3.14. The minimum atomic E-state index is -0.333. The monoisotopic (exact) mass is 242 g/mol. The molecule has 2 N–H and O–H groups in total. The summed E-state index contributed by atoms with van der Waals surface area (Å²) >= 11 is 1.67.